The maximum Gasteiger partial charge on any atom is 0.416 e. The van der Waals surface area contributed by atoms with Crippen molar-refractivity contribution >= 4 is 5.91 Å². The Labute approximate surface area is 180 Å². The van der Waals surface area contributed by atoms with E-state index in [1.165, 1.54) is 36.1 Å². The molecule has 0 bridgehead atoms. The van der Waals surface area contributed by atoms with E-state index in [2.05, 4.69) is 5.10 Å². The highest BCUT2D eigenvalue weighted by molar-refractivity contribution is 5.92. The summed E-state index contributed by atoms with van der Waals surface area (Å²) in [6.45, 7) is 1.48. The van der Waals surface area contributed by atoms with E-state index in [0.717, 1.165) is 22.9 Å². The lowest BCUT2D eigenvalue weighted by molar-refractivity contribution is -0.137. The van der Waals surface area contributed by atoms with Crippen molar-refractivity contribution in [1.82, 2.24) is 14.7 Å². The highest BCUT2D eigenvalue weighted by Gasteiger charge is 2.35. The van der Waals surface area contributed by atoms with Gasteiger partial charge in [-0.2, -0.15) is 18.3 Å². The molecule has 2 aromatic carbocycles. The van der Waals surface area contributed by atoms with Crippen molar-refractivity contribution in [3.63, 3.8) is 0 Å². The predicted molar refractivity (Wildman–Crippen MR) is 109 cm³/mol. The summed E-state index contributed by atoms with van der Waals surface area (Å²) in [5.41, 5.74) is -1.29. The first kappa shape index (κ1) is 21.7. The van der Waals surface area contributed by atoms with Crippen LogP contribution in [-0.2, 0) is 12.7 Å². The van der Waals surface area contributed by atoms with E-state index in [1.54, 1.807) is 12.1 Å². The first-order valence-corrected chi connectivity index (χ1v) is 9.98. The Morgan fingerprint density at radius 1 is 1.12 bits per heavy atom. The molecule has 3 aromatic rings. The molecule has 1 aromatic heterocycles. The maximum absolute atomic E-state index is 14.1. The van der Waals surface area contributed by atoms with Crippen molar-refractivity contribution in [2.75, 3.05) is 0 Å². The molecule has 1 fully saturated rings. The van der Waals surface area contributed by atoms with Gasteiger partial charge in [0.15, 0.2) is 5.69 Å². The van der Waals surface area contributed by atoms with Gasteiger partial charge in [-0.3, -0.25) is 9.59 Å². The van der Waals surface area contributed by atoms with Crippen LogP contribution < -0.4 is 5.43 Å². The zero-order valence-corrected chi connectivity index (χ0v) is 17.1. The number of benzene rings is 2. The molecular weight excluding hydrogens is 426 g/mol. The predicted octanol–water partition coefficient (Wildman–Crippen LogP) is 4.50. The van der Waals surface area contributed by atoms with Gasteiger partial charge in [0.25, 0.3) is 5.91 Å². The van der Waals surface area contributed by atoms with Gasteiger partial charge in [-0.1, -0.05) is 24.3 Å². The molecule has 4 rings (SSSR count). The summed E-state index contributed by atoms with van der Waals surface area (Å²) >= 11 is 0. The van der Waals surface area contributed by atoms with Crippen LogP contribution >= 0.6 is 0 Å². The summed E-state index contributed by atoms with van der Waals surface area (Å²) in [4.78, 5) is 27.2. The van der Waals surface area contributed by atoms with Crippen molar-refractivity contribution in [2.24, 2.45) is 0 Å². The Bertz CT molecular complexity index is 1230. The van der Waals surface area contributed by atoms with Gasteiger partial charge >= 0.3 is 6.18 Å². The normalized spacial score (nSPS) is 13.8. The minimum atomic E-state index is -4.55. The summed E-state index contributed by atoms with van der Waals surface area (Å²) in [5, 5.41) is 4.11. The van der Waals surface area contributed by atoms with Gasteiger partial charge in [0.05, 0.1) is 11.3 Å². The Hall–Kier alpha value is -3.49. The van der Waals surface area contributed by atoms with E-state index in [1.807, 2.05) is 0 Å². The van der Waals surface area contributed by atoms with Crippen LogP contribution in [-0.4, -0.2) is 26.6 Å². The number of rotatable bonds is 5. The number of hydrogen-bond acceptors (Lipinski definition) is 3. The third-order valence-corrected chi connectivity index (χ3v) is 5.28. The molecule has 5 nitrogen and oxygen atoms in total. The standard InChI is InChI=1S/C23H19F4N3O2/c1-14-11-20(31)21(28-30(14)18-7-4-6-16(12-18)23(25,26)27)22(32)29(17-9-10-17)13-15-5-2-3-8-19(15)24/h2-8,11-12,17H,9-10,13H2,1H3. The van der Waals surface area contributed by atoms with Gasteiger partial charge in [-0.15, -0.1) is 0 Å². The molecule has 0 spiro atoms. The second kappa shape index (κ2) is 8.22. The minimum absolute atomic E-state index is 0.0330. The maximum atomic E-state index is 14.1. The number of amides is 1. The SMILES string of the molecule is Cc1cc(=O)c(C(=O)N(Cc2ccccc2F)C2CC2)nn1-c1cccc(C(F)(F)F)c1. The molecule has 0 unspecified atom stereocenters. The van der Waals surface area contributed by atoms with Crippen LogP contribution in [0.5, 0.6) is 0 Å². The smallest absolute Gasteiger partial charge is 0.330 e. The molecule has 1 aliphatic rings. The lowest BCUT2D eigenvalue weighted by Crippen LogP contribution is -2.37. The van der Waals surface area contributed by atoms with Crippen molar-refractivity contribution in [1.29, 1.82) is 0 Å². The zero-order valence-electron chi connectivity index (χ0n) is 17.1. The second-order valence-corrected chi connectivity index (χ2v) is 7.71. The van der Waals surface area contributed by atoms with Crippen LogP contribution in [0.3, 0.4) is 0 Å². The molecule has 1 aliphatic carbocycles. The number of halogens is 4. The lowest BCUT2D eigenvalue weighted by Gasteiger charge is -2.23. The van der Waals surface area contributed by atoms with Gasteiger partial charge in [-0.05, 0) is 44.0 Å². The number of carbonyl (C=O) groups is 1. The molecule has 166 valence electrons. The lowest BCUT2D eigenvalue weighted by atomic mass is 10.1. The third-order valence-electron chi connectivity index (χ3n) is 5.28. The number of alkyl halides is 3. The first-order chi connectivity index (χ1) is 15.1. The van der Waals surface area contributed by atoms with E-state index in [4.69, 9.17) is 0 Å². The van der Waals surface area contributed by atoms with Gasteiger partial charge in [0.2, 0.25) is 5.43 Å². The zero-order chi connectivity index (χ0) is 23.0. The Morgan fingerprint density at radius 3 is 2.50 bits per heavy atom. The molecule has 0 saturated heterocycles. The molecule has 9 heteroatoms. The monoisotopic (exact) mass is 445 g/mol. The van der Waals surface area contributed by atoms with Gasteiger partial charge in [-0.25, -0.2) is 9.07 Å². The fourth-order valence-electron chi connectivity index (χ4n) is 3.47. The third kappa shape index (κ3) is 4.42. The molecule has 0 atom stereocenters. The molecule has 1 heterocycles. The van der Waals surface area contributed by atoms with Crippen LogP contribution in [0, 0.1) is 12.7 Å². The summed E-state index contributed by atoms with van der Waals surface area (Å²) in [5.74, 6) is -1.15. The van der Waals surface area contributed by atoms with Crippen LogP contribution in [0.25, 0.3) is 5.69 Å². The highest BCUT2D eigenvalue weighted by Crippen LogP contribution is 2.31. The second-order valence-electron chi connectivity index (χ2n) is 7.71. The number of hydrogen-bond donors (Lipinski definition) is 0. The molecule has 1 amide bonds. The minimum Gasteiger partial charge on any atom is -0.330 e. The highest BCUT2D eigenvalue weighted by atomic mass is 19.4. The number of nitrogens with zero attached hydrogens (tertiary/aromatic N) is 3. The van der Waals surface area contributed by atoms with Gasteiger partial charge in [0.1, 0.15) is 5.82 Å². The Kier molecular flexibility index (Phi) is 5.58. The largest absolute Gasteiger partial charge is 0.416 e. The number of carbonyl (C=O) groups excluding carboxylic acids is 1. The van der Waals surface area contributed by atoms with Crippen LogP contribution in [0.1, 0.15) is 40.2 Å². The van der Waals surface area contributed by atoms with Crippen molar-refractivity contribution in [3.8, 4) is 5.69 Å². The number of aromatic nitrogens is 2. The van der Waals surface area contributed by atoms with Crippen LogP contribution in [0.15, 0.2) is 59.4 Å². The summed E-state index contributed by atoms with van der Waals surface area (Å²) in [7, 11) is 0. The van der Waals surface area contributed by atoms with Crippen molar-refractivity contribution < 1.29 is 22.4 Å². The van der Waals surface area contributed by atoms with Crippen molar-refractivity contribution in [2.45, 2.75) is 38.5 Å². The molecule has 0 aliphatic heterocycles. The van der Waals surface area contributed by atoms with E-state index in [-0.39, 0.29) is 24.0 Å². The molecule has 32 heavy (non-hydrogen) atoms. The topological polar surface area (TPSA) is 55.2 Å². The van der Waals surface area contributed by atoms with E-state index < -0.39 is 34.6 Å². The molecular formula is C23H19F4N3O2. The quantitative estimate of drug-likeness (QED) is 0.544. The molecule has 0 radical (unpaired) electrons. The Balaban J connectivity index is 1.73. The van der Waals surface area contributed by atoms with Gasteiger partial charge in [0, 0.05) is 29.9 Å². The summed E-state index contributed by atoms with van der Waals surface area (Å²) in [6, 6.07) is 11.5. The average molecular weight is 445 g/mol. The van der Waals surface area contributed by atoms with E-state index in [9.17, 15) is 27.2 Å². The van der Waals surface area contributed by atoms with E-state index in [0.29, 0.717) is 18.4 Å². The summed E-state index contributed by atoms with van der Waals surface area (Å²) in [6.07, 6.45) is -3.12. The Morgan fingerprint density at radius 2 is 1.84 bits per heavy atom. The fraction of sp³-hybridized carbons (Fsp3) is 0.261. The van der Waals surface area contributed by atoms with Gasteiger partial charge < -0.3 is 4.90 Å². The van der Waals surface area contributed by atoms with E-state index >= 15 is 0 Å². The summed E-state index contributed by atoms with van der Waals surface area (Å²) < 4.78 is 54.7. The molecule has 0 N–H and O–H groups in total. The van der Waals surface area contributed by atoms with Crippen molar-refractivity contribution in [3.05, 3.63) is 93.2 Å². The van der Waals surface area contributed by atoms with Crippen LogP contribution in [0.4, 0.5) is 17.6 Å². The van der Waals surface area contributed by atoms with Crippen LogP contribution in [0.2, 0.25) is 0 Å². The first-order valence-electron chi connectivity index (χ1n) is 9.98. The average Bonchev–Trinajstić information content (AvgIpc) is 3.57. The fourth-order valence-corrected chi connectivity index (χ4v) is 3.47. The number of aryl methyl sites for hydroxylation is 1. The molecule has 1 saturated carbocycles.